The van der Waals surface area contributed by atoms with Gasteiger partial charge in [0.25, 0.3) is 5.91 Å². The molecule has 138 valence electrons. The standard InChI is InChI=1S/C19H24N4O2S/c1-5-23(6-2)19(25)15-7-9-16(10-8-15)22-17(24)12-26-18-11-13(3)20-14(4)21-18/h7-11H,5-6,12H2,1-4H3,(H,22,24). The van der Waals surface area contributed by atoms with Crippen molar-refractivity contribution < 1.29 is 9.59 Å². The Bertz CT molecular complexity index is 753. The number of carbonyl (C=O) groups excluding carboxylic acids is 2. The zero-order chi connectivity index (χ0) is 19.1. The predicted molar refractivity (Wildman–Crippen MR) is 105 cm³/mol. The minimum atomic E-state index is -0.119. The van der Waals surface area contributed by atoms with Gasteiger partial charge in [-0.05, 0) is 58.0 Å². The third-order valence-electron chi connectivity index (χ3n) is 3.76. The molecular weight excluding hydrogens is 348 g/mol. The van der Waals surface area contributed by atoms with Gasteiger partial charge >= 0.3 is 0 Å². The fourth-order valence-corrected chi connectivity index (χ4v) is 3.28. The van der Waals surface area contributed by atoms with Gasteiger partial charge in [-0.2, -0.15) is 0 Å². The van der Waals surface area contributed by atoms with E-state index in [1.807, 2.05) is 33.8 Å². The topological polar surface area (TPSA) is 75.2 Å². The van der Waals surface area contributed by atoms with Crippen molar-refractivity contribution in [1.29, 1.82) is 0 Å². The van der Waals surface area contributed by atoms with Crippen molar-refractivity contribution >= 4 is 29.3 Å². The number of hydrogen-bond donors (Lipinski definition) is 1. The Morgan fingerprint density at radius 3 is 2.31 bits per heavy atom. The molecule has 1 aromatic carbocycles. The molecule has 0 bridgehead atoms. The summed E-state index contributed by atoms with van der Waals surface area (Å²) in [4.78, 5) is 34.7. The van der Waals surface area contributed by atoms with Crippen molar-refractivity contribution in [2.75, 3.05) is 24.2 Å². The monoisotopic (exact) mass is 372 g/mol. The van der Waals surface area contributed by atoms with Crippen molar-refractivity contribution in [2.45, 2.75) is 32.7 Å². The van der Waals surface area contributed by atoms with Crippen molar-refractivity contribution in [1.82, 2.24) is 14.9 Å². The van der Waals surface area contributed by atoms with Crippen LogP contribution in [0.2, 0.25) is 0 Å². The first-order valence-corrected chi connectivity index (χ1v) is 9.55. The summed E-state index contributed by atoms with van der Waals surface area (Å²) in [6.07, 6.45) is 0. The highest BCUT2D eigenvalue weighted by Gasteiger charge is 2.12. The number of nitrogens with zero attached hydrogens (tertiary/aromatic N) is 3. The number of rotatable bonds is 7. The Balaban J connectivity index is 1.92. The van der Waals surface area contributed by atoms with Crippen molar-refractivity contribution in [3.05, 3.63) is 47.4 Å². The van der Waals surface area contributed by atoms with Gasteiger partial charge in [-0.25, -0.2) is 9.97 Å². The van der Waals surface area contributed by atoms with Crippen LogP contribution < -0.4 is 5.32 Å². The Hall–Kier alpha value is -2.41. The van der Waals surface area contributed by atoms with Crippen LogP contribution in [0.5, 0.6) is 0 Å². The molecule has 7 heteroatoms. The maximum absolute atomic E-state index is 12.3. The van der Waals surface area contributed by atoms with Gasteiger partial charge < -0.3 is 10.2 Å². The summed E-state index contributed by atoms with van der Waals surface area (Å²) in [6, 6.07) is 8.83. The molecule has 0 aliphatic carbocycles. The number of thioether (sulfide) groups is 1. The van der Waals surface area contributed by atoms with Crippen molar-refractivity contribution in [3.63, 3.8) is 0 Å². The maximum Gasteiger partial charge on any atom is 0.253 e. The second-order valence-corrected chi connectivity index (χ2v) is 6.78. The summed E-state index contributed by atoms with van der Waals surface area (Å²) < 4.78 is 0. The van der Waals surface area contributed by atoms with E-state index in [0.717, 1.165) is 10.7 Å². The number of carbonyl (C=O) groups is 2. The molecule has 6 nitrogen and oxygen atoms in total. The van der Waals surface area contributed by atoms with E-state index >= 15 is 0 Å². The number of aryl methyl sites for hydroxylation is 2. The predicted octanol–water partition coefficient (Wildman–Crippen LogP) is 3.31. The lowest BCUT2D eigenvalue weighted by Crippen LogP contribution is -2.30. The van der Waals surface area contributed by atoms with Crippen LogP contribution in [-0.2, 0) is 4.79 Å². The van der Waals surface area contributed by atoms with Crippen molar-refractivity contribution in [2.24, 2.45) is 0 Å². The normalized spacial score (nSPS) is 10.5. The van der Waals surface area contributed by atoms with E-state index < -0.39 is 0 Å². The highest BCUT2D eigenvalue weighted by atomic mass is 32.2. The average Bonchev–Trinajstić information content (AvgIpc) is 2.61. The van der Waals surface area contributed by atoms with Gasteiger partial charge in [0.15, 0.2) is 0 Å². The zero-order valence-electron chi connectivity index (χ0n) is 15.6. The molecule has 1 heterocycles. The zero-order valence-corrected chi connectivity index (χ0v) is 16.4. The highest BCUT2D eigenvalue weighted by molar-refractivity contribution is 7.99. The Kier molecular flexibility index (Phi) is 7.15. The first-order valence-electron chi connectivity index (χ1n) is 8.57. The van der Waals surface area contributed by atoms with Crippen LogP contribution in [0.3, 0.4) is 0 Å². The van der Waals surface area contributed by atoms with Gasteiger partial charge in [0.05, 0.1) is 5.75 Å². The lowest BCUT2D eigenvalue weighted by Gasteiger charge is -2.18. The number of anilines is 1. The van der Waals surface area contributed by atoms with Gasteiger partial charge in [-0.1, -0.05) is 11.8 Å². The lowest BCUT2D eigenvalue weighted by molar-refractivity contribution is -0.113. The highest BCUT2D eigenvalue weighted by Crippen LogP contribution is 2.17. The summed E-state index contributed by atoms with van der Waals surface area (Å²) in [7, 11) is 0. The van der Waals surface area contributed by atoms with E-state index in [-0.39, 0.29) is 17.6 Å². The third kappa shape index (κ3) is 5.56. The Morgan fingerprint density at radius 2 is 1.73 bits per heavy atom. The van der Waals surface area contributed by atoms with Crippen LogP contribution in [-0.4, -0.2) is 45.5 Å². The first kappa shape index (κ1) is 19.9. The van der Waals surface area contributed by atoms with Crippen LogP contribution >= 0.6 is 11.8 Å². The van der Waals surface area contributed by atoms with E-state index in [9.17, 15) is 9.59 Å². The lowest BCUT2D eigenvalue weighted by atomic mass is 10.2. The molecule has 0 saturated carbocycles. The molecule has 0 aliphatic heterocycles. The molecule has 1 aromatic heterocycles. The largest absolute Gasteiger partial charge is 0.339 e. The SMILES string of the molecule is CCN(CC)C(=O)c1ccc(NC(=O)CSc2cc(C)nc(C)n2)cc1. The van der Waals surface area contributed by atoms with Gasteiger partial charge in [-0.3, -0.25) is 9.59 Å². The van der Waals surface area contributed by atoms with E-state index in [1.165, 1.54) is 11.8 Å². The Labute approximate surface area is 158 Å². The molecular formula is C19H24N4O2S. The van der Waals surface area contributed by atoms with E-state index in [4.69, 9.17) is 0 Å². The number of aromatic nitrogens is 2. The summed E-state index contributed by atoms with van der Waals surface area (Å²) in [5, 5.41) is 3.62. The van der Waals surface area contributed by atoms with Crippen LogP contribution in [0.1, 0.15) is 35.7 Å². The van der Waals surface area contributed by atoms with Gasteiger partial charge in [-0.15, -0.1) is 0 Å². The fourth-order valence-electron chi connectivity index (χ4n) is 2.48. The fraction of sp³-hybridized carbons (Fsp3) is 0.368. The average molecular weight is 372 g/mol. The van der Waals surface area contributed by atoms with Crippen LogP contribution in [0.4, 0.5) is 5.69 Å². The van der Waals surface area contributed by atoms with Crippen LogP contribution in [0.25, 0.3) is 0 Å². The molecule has 0 saturated heterocycles. The molecule has 2 rings (SSSR count). The van der Waals surface area contributed by atoms with Gasteiger partial charge in [0, 0.05) is 30.0 Å². The minimum Gasteiger partial charge on any atom is -0.339 e. The summed E-state index contributed by atoms with van der Waals surface area (Å²) in [6.45, 7) is 8.99. The van der Waals surface area contributed by atoms with E-state index in [0.29, 0.717) is 30.2 Å². The third-order valence-corrected chi connectivity index (χ3v) is 4.67. The first-order chi connectivity index (χ1) is 12.4. The molecule has 26 heavy (non-hydrogen) atoms. The summed E-state index contributed by atoms with van der Waals surface area (Å²) >= 11 is 1.37. The quantitative estimate of drug-likeness (QED) is 0.596. The van der Waals surface area contributed by atoms with E-state index in [2.05, 4.69) is 15.3 Å². The van der Waals surface area contributed by atoms with Crippen molar-refractivity contribution in [3.8, 4) is 0 Å². The molecule has 0 fully saturated rings. The molecule has 1 N–H and O–H groups in total. The van der Waals surface area contributed by atoms with Crippen LogP contribution in [0, 0.1) is 13.8 Å². The van der Waals surface area contributed by atoms with E-state index in [1.54, 1.807) is 29.2 Å². The smallest absolute Gasteiger partial charge is 0.253 e. The summed E-state index contributed by atoms with van der Waals surface area (Å²) in [5.41, 5.74) is 2.17. The second kappa shape index (κ2) is 9.33. The molecule has 2 aromatic rings. The molecule has 0 radical (unpaired) electrons. The maximum atomic E-state index is 12.3. The molecule has 2 amide bonds. The molecule has 0 atom stereocenters. The van der Waals surface area contributed by atoms with Gasteiger partial charge in [0.2, 0.25) is 5.91 Å². The van der Waals surface area contributed by atoms with Crippen LogP contribution in [0.15, 0.2) is 35.4 Å². The Morgan fingerprint density at radius 1 is 1.08 bits per heavy atom. The molecule has 0 spiro atoms. The summed E-state index contributed by atoms with van der Waals surface area (Å²) in [5.74, 6) is 0.835. The molecule has 0 aliphatic rings. The number of benzene rings is 1. The number of amides is 2. The second-order valence-electron chi connectivity index (χ2n) is 5.79. The number of nitrogens with one attached hydrogen (secondary N) is 1. The molecule has 0 unspecified atom stereocenters. The van der Waals surface area contributed by atoms with Gasteiger partial charge in [0.1, 0.15) is 10.9 Å². The minimum absolute atomic E-state index is 0.00191. The number of hydrogen-bond acceptors (Lipinski definition) is 5.